The summed E-state index contributed by atoms with van der Waals surface area (Å²) in [6, 6.07) is 15.7. The SMILES string of the molecule is CCNC(=NCc1ccc(C(=O)N(C)C)cc1)NCCc1coc(-c2ccc(C)cc2)n1. The number of oxazole rings is 1. The summed E-state index contributed by atoms with van der Waals surface area (Å²) >= 11 is 0. The Morgan fingerprint density at radius 2 is 1.78 bits per heavy atom. The van der Waals surface area contributed by atoms with Crippen LogP contribution in [0, 0.1) is 6.92 Å². The molecule has 0 bridgehead atoms. The first-order valence-electron chi connectivity index (χ1n) is 10.8. The van der Waals surface area contributed by atoms with Crippen molar-refractivity contribution in [2.45, 2.75) is 26.8 Å². The number of carbonyl (C=O) groups excluding carboxylic acids is 1. The van der Waals surface area contributed by atoms with Crippen LogP contribution in [0.1, 0.15) is 34.1 Å². The van der Waals surface area contributed by atoms with Gasteiger partial charge in [0.1, 0.15) is 6.26 Å². The van der Waals surface area contributed by atoms with E-state index in [-0.39, 0.29) is 5.91 Å². The van der Waals surface area contributed by atoms with Gasteiger partial charge in [-0.15, -0.1) is 0 Å². The Morgan fingerprint density at radius 1 is 1.06 bits per heavy atom. The lowest BCUT2D eigenvalue weighted by Crippen LogP contribution is -2.38. The molecule has 7 heteroatoms. The number of benzene rings is 2. The summed E-state index contributed by atoms with van der Waals surface area (Å²) in [5.41, 5.74) is 4.79. The van der Waals surface area contributed by atoms with E-state index >= 15 is 0 Å². The van der Waals surface area contributed by atoms with E-state index in [1.807, 2.05) is 55.5 Å². The molecule has 3 aromatic rings. The number of aryl methyl sites for hydroxylation is 1. The van der Waals surface area contributed by atoms with Gasteiger partial charge in [-0.05, 0) is 43.7 Å². The smallest absolute Gasteiger partial charge is 0.253 e. The van der Waals surface area contributed by atoms with Crippen LogP contribution in [0.5, 0.6) is 0 Å². The van der Waals surface area contributed by atoms with Crippen LogP contribution in [0.2, 0.25) is 0 Å². The Kier molecular flexibility index (Phi) is 8.02. The molecule has 0 unspecified atom stereocenters. The Morgan fingerprint density at radius 3 is 2.44 bits per heavy atom. The van der Waals surface area contributed by atoms with Crippen molar-refractivity contribution in [3.63, 3.8) is 0 Å². The number of aromatic nitrogens is 1. The molecular weight excluding hydrogens is 402 g/mol. The topological polar surface area (TPSA) is 82.8 Å². The Labute approximate surface area is 189 Å². The minimum Gasteiger partial charge on any atom is -0.444 e. The van der Waals surface area contributed by atoms with Gasteiger partial charge in [-0.3, -0.25) is 4.79 Å². The highest BCUT2D eigenvalue weighted by molar-refractivity contribution is 5.93. The van der Waals surface area contributed by atoms with Crippen LogP contribution >= 0.6 is 0 Å². The number of aliphatic imine (C=N–C) groups is 1. The normalized spacial score (nSPS) is 11.3. The molecule has 0 saturated heterocycles. The highest BCUT2D eigenvalue weighted by Crippen LogP contribution is 2.19. The van der Waals surface area contributed by atoms with E-state index in [2.05, 4.69) is 27.5 Å². The van der Waals surface area contributed by atoms with Crippen molar-refractivity contribution in [1.29, 1.82) is 0 Å². The van der Waals surface area contributed by atoms with Crippen molar-refractivity contribution in [1.82, 2.24) is 20.5 Å². The summed E-state index contributed by atoms with van der Waals surface area (Å²) in [5, 5.41) is 6.59. The lowest BCUT2D eigenvalue weighted by Gasteiger charge is -2.11. The summed E-state index contributed by atoms with van der Waals surface area (Å²) < 4.78 is 5.63. The fourth-order valence-corrected chi connectivity index (χ4v) is 3.08. The number of rotatable bonds is 8. The third-order valence-electron chi connectivity index (χ3n) is 4.89. The first-order chi connectivity index (χ1) is 15.5. The van der Waals surface area contributed by atoms with Crippen LogP contribution in [0.4, 0.5) is 0 Å². The number of hydrogen-bond donors (Lipinski definition) is 2. The molecule has 1 amide bonds. The summed E-state index contributed by atoms with van der Waals surface area (Å²) in [5.74, 6) is 1.37. The maximum atomic E-state index is 12.0. The van der Waals surface area contributed by atoms with Crippen molar-refractivity contribution in [3.05, 3.63) is 77.2 Å². The minimum absolute atomic E-state index is 0.00607. The van der Waals surface area contributed by atoms with Crippen LogP contribution in [-0.2, 0) is 13.0 Å². The molecule has 2 aromatic carbocycles. The zero-order valence-electron chi connectivity index (χ0n) is 19.2. The highest BCUT2D eigenvalue weighted by atomic mass is 16.3. The van der Waals surface area contributed by atoms with Gasteiger partial charge in [0.2, 0.25) is 5.89 Å². The monoisotopic (exact) mass is 433 g/mol. The lowest BCUT2D eigenvalue weighted by molar-refractivity contribution is 0.0827. The molecule has 2 N–H and O–H groups in total. The Hall–Kier alpha value is -3.61. The quantitative estimate of drug-likeness (QED) is 0.419. The van der Waals surface area contributed by atoms with E-state index in [1.165, 1.54) is 5.56 Å². The summed E-state index contributed by atoms with van der Waals surface area (Å²) in [6.07, 6.45) is 2.43. The minimum atomic E-state index is -0.00607. The molecular formula is C25H31N5O2. The van der Waals surface area contributed by atoms with Gasteiger partial charge in [-0.1, -0.05) is 29.8 Å². The molecule has 7 nitrogen and oxygen atoms in total. The molecule has 168 valence electrons. The van der Waals surface area contributed by atoms with E-state index in [9.17, 15) is 4.79 Å². The molecule has 3 rings (SSSR count). The van der Waals surface area contributed by atoms with Gasteiger partial charge in [0.15, 0.2) is 5.96 Å². The first-order valence-corrected chi connectivity index (χ1v) is 10.8. The third kappa shape index (κ3) is 6.44. The number of amides is 1. The molecule has 0 spiro atoms. The van der Waals surface area contributed by atoms with Gasteiger partial charge < -0.3 is 20.0 Å². The van der Waals surface area contributed by atoms with Crippen molar-refractivity contribution in [3.8, 4) is 11.5 Å². The van der Waals surface area contributed by atoms with Crippen LogP contribution in [0.15, 0.2) is 64.2 Å². The zero-order chi connectivity index (χ0) is 22.9. The van der Waals surface area contributed by atoms with Crippen molar-refractivity contribution in [2.75, 3.05) is 27.2 Å². The van der Waals surface area contributed by atoms with E-state index in [1.54, 1.807) is 25.3 Å². The van der Waals surface area contributed by atoms with Crippen LogP contribution in [0.3, 0.4) is 0 Å². The largest absolute Gasteiger partial charge is 0.444 e. The van der Waals surface area contributed by atoms with Crippen molar-refractivity contribution >= 4 is 11.9 Å². The Bertz CT molecular complexity index is 1040. The molecule has 0 aliphatic rings. The number of hydrogen-bond acceptors (Lipinski definition) is 4. The standard InChI is InChI=1S/C25H31N5O2/c1-5-26-25(28-16-19-8-12-21(13-9-19)24(31)30(3)4)27-15-14-22-17-32-23(29-22)20-10-6-18(2)7-11-20/h6-13,17H,5,14-16H2,1-4H3,(H2,26,27,28). The fourth-order valence-electron chi connectivity index (χ4n) is 3.08. The highest BCUT2D eigenvalue weighted by Gasteiger charge is 2.08. The summed E-state index contributed by atoms with van der Waals surface area (Å²) in [6.45, 7) is 6.06. The maximum Gasteiger partial charge on any atom is 0.253 e. The zero-order valence-corrected chi connectivity index (χ0v) is 19.2. The van der Waals surface area contributed by atoms with E-state index in [4.69, 9.17) is 4.42 Å². The molecule has 0 aliphatic carbocycles. The van der Waals surface area contributed by atoms with Crippen molar-refractivity contribution in [2.24, 2.45) is 4.99 Å². The number of guanidine groups is 1. The fraction of sp³-hybridized carbons (Fsp3) is 0.320. The summed E-state index contributed by atoms with van der Waals surface area (Å²) in [4.78, 5) is 22.8. The average Bonchev–Trinajstić information content (AvgIpc) is 3.26. The molecule has 0 saturated carbocycles. The molecule has 0 atom stereocenters. The molecule has 32 heavy (non-hydrogen) atoms. The van der Waals surface area contributed by atoms with Gasteiger partial charge in [-0.25, -0.2) is 9.98 Å². The molecule has 1 aromatic heterocycles. The van der Waals surface area contributed by atoms with Crippen LogP contribution in [0.25, 0.3) is 11.5 Å². The van der Waals surface area contributed by atoms with Gasteiger partial charge in [0, 0.05) is 44.7 Å². The summed E-state index contributed by atoms with van der Waals surface area (Å²) in [7, 11) is 3.49. The molecule has 1 heterocycles. The average molecular weight is 434 g/mol. The second-order valence-electron chi connectivity index (χ2n) is 7.78. The molecule has 0 radical (unpaired) electrons. The second-order valence-corrected chi connectivity index (χ2v) is 7.78. The van der Waals surface area contributed by atoms with Gasteiger partial charge in [-0.2, -0.15) is 0 Å². The van der Waals surface area contributed by atoms with E-state index < -0.39 is 0 Å². The van der Waals surface area contributed by atoms with E-state index in [0.717, 1.165) is 35.7 Å². The number of carbonyl (C=O) groups is 1. The predicted molar refractivity (Wildman–Crippen MR) is 128 cm³/mol. The Balaban J connectivity index is 1.53. The van der Waals surface area contributed by atoms with Gasteiger partial charge >= 0.3 is 0 Å². The lowest BCUT2D eigenvalue weighted by atomic mass is 10.1. The van der Waals surface area contributed by atoms with Gasteiger partial charge in [0.05, 0.1) is 12.2 Å². The second kappa shape index (κ2) is 11.1. The first kappa shape index (κ1) is 23.1. The van der Waals surface area contributed by atoms with Gasteiger partial charge in [0.25, 0.3) is 5.91 Å². The maximum absolute atomic E-state index is 12.0. The number of nitrogens with zero attached hydrogens (tertiary/aromatic N) is 3. The van der Waals surface area contributed by atoms with Crippen molar-refractivity contribution < 1.29 is 9.21 Å². The van der Waals surface area contributed by atoms with E-state index in [0.29, 0.717) is 24.5 Å². The predicted octanol–water partition coefficient (Wildman–Crippen LogP) is 3.65. The van der Waals surface area contributed by atoms with Crippen LogP contribution in [-0.4, -0.2) is 48.9 Å². The third-order valence-corrected chi connectivity index (χ3v) is 4.89. The number of nitrogens with one attached hydrogen (secondary N) is 2. The van der Waals surface area contributed by atoms with Crippen LogP contribution < -0.4 is 10.6 Å². The molecule has 0 aliphatic heterocycles. The molecule has 0 fully saturated rings.